The van der Waals surface area contributed by atoms with E-state index < -0.39 is 0 Å². The van der Waals surface area contributed by atoms with Gasteiger partial charge in [-0.1, -0.05) is 17.7 Å². The molecular formula is C20H16ClN3O2. The van der Waals surface area contributed by atoms with Crippen LogP contribution >= 0.6 is 11.6 Å². The lowest BCUT2D eigenvalue weighted by atomic mass is 10.1. The Morgan fingerprint density at radius 2 is 1.65 bits per heavy atom. The molecule has 3 aromatic rings. The molecule has 0 saturated heterocycles. The van der Waals surface area contributed by atoms with Gasteiger partial charge in [-0.25, -0.2) is 0 Å². The number of carbonyl (C=O) groups excluding carboxylic acids is 2. The van der Waals surface area contributed by atoms with Crippen LogP contribution in [0.2, 0.25) is 5.02 Å². The predicted molar refractivity (Wildman–Crippen MR) is 103 cm³/mol. The van der Waals surface area contributed by atoms with Gasteiger partial charge >= 0.3 is 0 Å². The molecule has 5 nitrogen and oxygen atoms in total. The first-order chi connectivity index (χ1) is 12.5. The van der Waals surface area contributed by atoms with Crippen LogP contribution in [0, 0.1) is 0 Å². The molecule has 0 bridgehead atoms. The molecule has 6 heteroatoms. The largest absolute Gasteiger partial charge is 0.355 e. The second-order valence-corrected chi connectivity index (χ2v) is 6.09. The fraction of sp³-hybridized carbons (Fsp3) is 0.0500. The Bertz CT molecular complexity index is 955. The quantitative estimate of drug-likeness (QED) is 0.628. The summed E-state index contributed by atoms with van der Waals surface area (Å²) in [4.78, 5) is 27.8. The molecular weight excluding hydrogens is 350 g/mol. The molecule has 130 valence electrons. The molecule has 2 N–H and O–H groups in total. The third-order valence-electron chi connectivity index (χ3n) is 3.66. The maximum atomic E-state index is 12.4. The smallest absolute Gasteiger partial charge is 0.274 e. The van der Waals surface area contributed by atoms with Crippen molar-refractivity contribution >= 4 is 40.4 Å². The summed E-state index contributed by atoms with van der Waals surface area (Å²) in [5.74, 6) is -0.361. The summed E-state index contributed by atoms with van der Waals surface area (Å²) in [5.41, 5.74) is 2.99. The van der Waals surface area contributed by atoms with E-state index in [9.17, 15) is 9.59 Å². The fourth-order valence-corrected chi connectivity index (χ4v) is 2.54. The third-order valence-corrected chi connectivity index (χ3v) is 3.89. The van der Waals surface area contributed by atoms with E-state index >= 15 is 0 Å². The van der Waals surface area contributed by atoms with Gasteiger partial charge in [-0.3, -0.25) is 14.6 Å². The van der Waals surface area contributed by atoms with Crippen LogP contribution in [0.3, 0.4) is 0 Å². The van der Waals surface area contributed by atoms with E-state index in [1.807, 2.05) is 12.1 Å². The molecule has 0 unspecified atom stereocenters. The number of hydrogen-bond donors (Lipinski definition) is 2. The second-order valence-electron chi connectivity index (χ2n) is 5.65. The van der Waals surface area contributed by atoms with E-state index in [1.54, 1.807) is 54.7 Å². The number of Topliss-reactive ketones (excluding diaryl/α,β-unsaturated/α-hetero) is 1. The van der Waals surface area contributed by atoms with Crippen molar-refractivity contribution in [2.75, 3.05) is 10.6 Å². The lowest BCUT2D eigenvalue weighted by Crippen LogP contribution is -2.13. The number of hydrogen-bond acceptors (Lipinski definition) is 4. The van der Waals surface area contributed by atoms with Gasteiger partial charge in [0.1, 0.15) is 5.69 Å². The van der Waals surface area contributed by atoms with Gasteiger partial charge in [-0.05, 0) is 61.5 Å². The molecule has 0 saturated carbocycles. The Kier molecular flexibility index (Phi) is 5.29. The van der Waals surface area contributed by atoms with Crippen molar-refractivity contribution in [1.29, 1.82) is 0 Å². The number of anilines is 3. The van der Waals surface area contributed by atoms with E-state index in [1.165, 1.54) is 6.92 Å². The Hall–Kier alpha value is -3.18. The van der Waals surface area contributed by atoms with Gasteiger partial charge in [0.2, 0.25) is 0 Å². The number of amides is 1. The van der Waals surface area contributed by atoms with Crippen LogP contribution in [0.1, 0.15) is 27.8 Å². The van der Waals surface area contributed by atoms with Crippen molar-refractivity contribution in [3.8, 4) is 0 Å². The average molecular weight is 366 g/mol. The lowest BCUT2D eigenvalue weighted by Gasteiger charge is -2.09. The summed E-state index contributed by atoms with van der Waals surface area (Å²) >= 11 is 5.98. The first-order valence-electron chi connectivity index (χ1n) is 7.92. The fourth-order valence-electron chi connectivity index (χ4n) is 2.35. The van der Waals surface area contributed by atoms with Crippen molar-refractivity contribution in [2.24, 2.45) is 0 Å². The van der Waals surface area contributed by atoms with Crippen molar-refractivity contribution in [3.05, 3.63) is 83.1 Å². The molecule has 0 spiro atoms. The van der Waals surface area contributed by atoms with Gasteiger partial charge in [0, 0.05) is 33.8 Å². The number of nitrogens with zero attached hydrogens (tertiary/aromatic N) is 1. The van der Waals surface area contributed by atoms with Gasteiger partial charge in [0.15, 0.2) is 5.78 Å². The number of ketones is 1. The van der Waals surface area contributed by atoms with Crippen LogP contribution in [0.4, 0.5) is 17.1 Å². The summed E-state index contributed by atoms with van der Waals surface area (Å²) in [6, 6.07) is 17.4. The van der Waals surface area contributed by atoms with Crippen LogP contribution in [0.15, 0.2) is 66.9 Å². The zero-order valence-electron chi connectivity index (χ0n) is 14.0. The van der Waals surface area contributed by atoms with Gasteiger partial charge in [0.05, 0.1) is 0 Å². The molecule has 0 aliphatic carbocycles. The van der Waals surface area contributed by atoms with Gasteiger partial charge in [-0.2, -0.15) is 0 Å². The first kappa shape index (κ1) is 17.6. The minimum Gasteiger partial charge on any atom is -0.355 e. The number of carbonyl (C=O) groups is 2. The normalized spacial score (nSPS) is 10.2. The molecule has 1 amide bonds. The maximum Gasteiger partial charge on any atom is 0.274 e. The van der Waals surface area contributed by atoms with Crippen LogP contribution in [0.5, 0.6) is 0 Å². The van der Waals surface area contributed by atoms with Crippen LogP contribution in [0.25, 0.3) is 0 Å². The highest BCUT2D eigenvalue weighted by molar-refractivity contribution is 6.30. The van der Waals surface area contributed by atoms with Crippen LogP contribution < -0.4 is 10.6 Å². The summed E-state index contributed by atoms with van der Waals surface area (Å²) < 4.78 is 0. The Morgan fingerprint density at radius 1 is 0.923 bits per heavy atom. The van der Waals surface area contributed by atoms with E-state index in [0.717, 1.165) is 11.4 Å². The zero-order chi connectivity index (χ0) is 18.5. The Balaban J connectivity index is 1.72. The molecule has 26 heavy (non-hydrogen) atoms. The van der Waals surface area contributed by atoms with E-state index in [-0.39, 0.29) is 17.4 Å². The van der Waals surface area contributed by atoms with Crippen molar-refractivity contribution in [2.45, 2.75) is 6.92 Å². The van der Waals surface area contributed by atoms with Gasteiger partial charge in [-0.15, -0.1) is 0 Å². The minimum absolute atomic E-state index is 0.0238. The summed E-state index contributed by atoms with van der Waals surface area (Å²) in [6.07, 6.45) is 1.56. The molecule has 0 aliphatic heterocycles. The summed E-state index contributed by atoms with van der Waals surface area (Å²) in [7, 11) is 0. The summed E-state index contributed by atoms with van der Waals surface area (Å²) in [5, 5.41) is 6.57. The van der Waals surface area contributed by atoms with Crippen LogP contribution in [-0.2, 0) is 0 Å². The highest BCUT2D eigenvalue weighted by Gasteiger charge is 2.09. The molecule has 0 aliphatic rings. The molecule has 1 heterocycles. The van der Waals surface area contributed by atoms with Gasteiger partial charge < -0.3 is 10.6 Å². The number of aromatic nitrogens is 1. The van der Waals surface area contributed by atoms with E-state index in [4.69, 9.17) is 11.6 Å². The maximum absolute atomic E-state index is 12.4. The van der Waals surface area contributed by atoms with E-state index in [0.29, 0.717) is 16.3 Å². The SMILES string of the molecule is CC(=O)c1ccc(NC(=O)c2cc(Nc3cccc(Cl)c3)ccn2)cc1. The van der Waals surface area contributed by atoms with Crippen molar-refractivity contribution in [3.63, 3.8) is 0 Å². The number of halogens is 1. The number of rotatable bonds is 5. The molecule has 0 radical (unpaired) electrons. The van der Waals surface area contributed by atoms with Crippen molar-refractivity contribution in [1.82, 2.24) is 4.98 Å². The molecule has 2 aromatic carbocycles. The highest BCUT2D eigenvalue weighted by Crippen LogP contribution is 2.20. The standard InChI is InChI=1S/C20H16ClN3O2/c1-13(25)14-5-7-16(8-6-14)24-20(26)19-12-18(9-10-22-19)23-17-4-2-3-15(21)11-17/h2-12H,1H3,(H,22,23)(H,24,26). The zero-order valence-corrected chi connectivity index (χ0v) is 14.7. The molecule has 1 aromatic heterocycles. The third kappa shape index (κ3) is 4.46. The number of benzene rings is 2. The second kappa shape index (κ2) is 7.80. The Labute approximate surface area is 156 Å². The van der Waals surface area contributed by atoms with Crippen LogP contribution in [-0.4, -0.2) is 16.7 Å². The predicted octanol–water partition coefficient (Wildman–Crippen LogP) is 4.93. The Morgan fingerprint density at radius 3 is 2.35 bits per heavy atom. The number of pyridine rings is 1. The average Bonchev–Trinajstić information content (AvgIpc) is 2.62. The molecule has 0 atom stereocenters. The number of nitrogens with one attached hydrogen (secondary N) is 2. The monoisotopic (exact) mass is 365 g/mol. The molecule has 0 fully saturated rings. The van der Waals surface area contributed by atoms with Gasteiger partial charge in [0.25, 0.3) is 5.91 Å². The highest BCUT2D eigenvalue weighted by atomic mass is 35.5. The first-order valence-corrected chi connectivity index (χ1v) is 8.30. The van der Waals surface area contributed by atoms with E-state index in [2.05, 4.69) is 15.6 Å². The van der Waals surface area contributed by atoms with Crippen molar-refractivity contribution < 1.29 is 9.59 Å². The topological polar surface area (TPSA) is 71.1 Å². The molecule has 3 rings (SSSR count). The lowest BCUT2D eigenvalue weighted by molar-refractivity contribution is 0.101. The minimum atomic E-state index is -0.338. The summed E-state index contributed by atoms with van der Waals surface area (Å²) in [6.45, 7) is 1.50.